The quantitative estimate of drug-likeness (QED) is 0.782. The van der Waals surface area contributed by atoms with Crippen molar-refractivity contribution in [3.05, 3.63) is 11.9 Å². The molecule has 0 rings (SSSR count). The molecule has 0 aromatic heterocycles. The molecule has 0 bridgehead atoms. The fourth-order valence-electron chi connectivity index (χ4n) is 1.24. The van der Waals surface area contributed by atoms with Crippen molar-refractivity contribution < 1.29 is 22.7 Å². The molecule has 0 aliphatic carbocycles. The van der Waals surface area contributed by atoms with Crippen molar-refractivity contribution in [2.75, 3.05) is 6.54 Å². The largest absolute Gasteiger partial charge is 0.444 e. The first-order valence-electron chi connectivity index (χ1n) is 6.69. The van der Waals surface area contributed by atoms with E-state index in [9.17, 15) is 18.0 Å². The minimum atomic E-state index is -4.74. The molecule has 0 saturated heterocycles. The maximum Gasteiger partial charge on any atom is 0.435 e. The van der Waals surface area contributed by atoms with Crippen molar-refractivity contribution in [3.8, 4) is 0 Å². The lowest BCUT2D eigenvalue weighted by molar-refractivity contribution is -0.0587. The molecule has 0 atom stereocenters. The van der Waals surface area contributed by atoms with Gasteiger partial charge in [0.1, 0.15) is 5.60 Å². The summed E-state index contributed by atoms with van der Waals surface area (Å²) >= 11 is 0. The van der Waals surface area contributed by atoms with Crippen LogP contribution in [-0.4, -0.2) is 30.1 Å². The van der Waals surface area contributed by atoms with Crippen LogP contribution >= 0.6 is 0 Å². The number of amides is 1. The lowest BCUT2D eigenvalue weighted by atomic mass is 9.97. The molecular formula is C14H24F3N3O2. The van der Waals surface area contributed by atoms with E-state index >= 15 is 0 Å². The highest BCUT2D eigenvalue weighted by Gasteiger charge is 2.39. The van der Waals surface area contributed by atoms with Gasteiger partial charge in [-0.15, -0.1) is 0 Å². The van der Waals surface area contributed by atoms with E-state index in [1.54, 1.807) is 41.5 Å². The summed E-state index contributed by atoms with van der Waals surface area (Å²) in [7, 11) is 0. The maximum atomic E-state index is 13.1. The highest BCUT2D eigenvalue weighted by molar-refractivity contribution is 6.05. The molecular weight excluding hydrogens is 299 g/mol. The first kappa shape index (κ1) is 20.3. The van der Waals surface area contributed by atoms with E-state index in [1.165, 1.54) is 0 Å². The second-order valence-corrected chi connectivity index (χ2v) is 6.93. The van der Waals surface area contributed by atoms with Crippen molar-refractivity contribution in [2.45, 2.75) is 53.3 Å². The van der Waals surface area contributed by atoms with Crippen molar-refractivity contribution in [1.29, 1.82) is 0 Å². The molecule has 3 N–H and O–H groups in total. The number of alkyl halides is 3. The normalized spacial score (nSPS) is 14.8. The third-order valence-corrected chi connectivity index (χ3v) is 2.04. The Morgan fingerprint density at radius 2 is 1.68 bits per heavy atom. The van der Waals surface area contributed by atoms with Crippen LogP contribution in [0.2, 0.25) is 0 Å². The minimum absolute atomic E-state index is 0.0742. The van der Waals surface area contributed by atoms with Gasteiger partial charge in [-0.05, 0) is 26.2 Å². The zero-order chi connectivity index (χ0) is 17.8. The number of alkyl carbamates (subject to hydrolysis) is 1. The Kier molecular flexibility index (Phi) is 6.47. The van der Waals surface area contributed by atoms with Crippen LogP contribution in [0.1, 0.15) is 41.5 Å². The highest BCUT2D eigenvalue weighted by atomic mass is 19.4. The van der Waals surface area contributed by atoms with E-state index < -0.39 is 34.7 Å². The molecule has 22 heavy (non-hydrogen) atoms. The second-order valence-electron chi connectivity index (χ2n) is 6.93. The number of carbonyl (C=O) groups is 1. The standard InChI is InChI=1S/C14H24F3N3O2/c1-12(2,3)8-19-10(14(15,16)17)9(7-18)20-11(21)22-13(4,5)6/h7H,8,18H2,1-6H3,(H,20,21). The first-order valence-corrected chi connectivity index (χ1v) is 6.69. The van der Waals surface area contributed by atoms with Gasteiger partial charge in [0, 0.05) is 12.7 Å². The van der Waals surface area contributed by atoms with Crippen LogP contribution in [-0.2, 0) is 4.74 Å². The van der Waals surface area contributed by atoms with Crippen LogP contribution in [0.3, 0.4) is 0 Å². The van der Waals surface area contributed by atoms with E-state index in [0.29, 0.717) is 6.20 Å². The molecule has 128 valence electrons. The molecule has 0 radical (unpaired) electrons. The number of ether oxygens (including phenoxy) is 1. The summed E-state index contributed by atoms with van der Waals surface area (Å²) in [5, 5.41) is 1.99. The molecule has 0 heterocycles. The summed E-state index contributed by atoms with van der Waals surface area (Å²) < 4.78 is 44.2. The number of hydrogen-bond acceptors (Lipinski definition) is 4. The minimum Gasteiger partial charge on any atom is -0.444 e. The number of nitrogens with one attached hydrogen (secondary N) is 1. The van der Waals surface area contributed by atoms with Gasteiger partial charge in [0.25, 0.3) is 0 Å². The third-order valence-electron chi connectivity index (χ3n) is 2.04. The van der Waals surface area contributed by atoms with Crippen LogP contribution in [0, 0.1) is 5.41 Å². The van der Waals surface area contributed by atoms with Crippen molar-refractivity contribution in [3.63, 3.8) is 0 Å². The van der Waals surface area contributed by atoms with Gasteiger partial charge >= 0.3 is 12.3 Å². The highest BCUT2D eigenvalue weighted by Crippen LogP contribution is 2.23. The fourth-order valence-corrected chi connectivity index (χ4v) is 1.24. The number of nitrogens with two attached hydrogens (primary N) is 1. The van der Waals surface area contributed by atoms with Gasteiger partial charge < -0.3 is 10.5 Å². The van der Waals surface area contributed by atoms with Crippen LogP contribution in [0.25, 0.3) is 0 Å². The average molecular weight is 323 g/mol. The Morgan fingerprint density at radius 3 is 2.00 bits per heavy atom. The summed E-state index contributed by atoms with van der Waals surface area (Å²) in [5.41, 5.74) is 2.05. The number of rotatable bonds is 3. The number of hydrogen-bond donors (Lipinski definition) is 2. The second kappa shape index (κ2) is 7.02. The van der Waals surface area contributed by atoms with Crippen LogP contribution in [0.4, 0.5) is 18.0 Å². The Balaban J connectivity index is 5.32. The maximum absolute atomic E-state index is 13.1. The lowest BCUT2D eigenvalue weighted by Gasteiger charge is -2.22. The fraction of sp³-hybridized carbons (Fsp3) is 0.714. The van der Waals surface area contributed by atoms with E-state index in [1.807, 2.05) is 5.32 Å². The SMILES string of the molecule is CC(C)(C)CN=C(C(=CN)NC(=O)OC(C)(C)C)C(F)(F)F. The first-order chi connectivity index (χ1) is 9.65. The molecule has 8 heteroatoms. The van der Waals surface area contributed by atoms with Gasteiger partial charge in [-0.1, -0.05) is 20.8 Å². The number of halogens is 3. The van der Waals surface area contributed by atoms with Gasteiger partial charge in [-0.3, -0.25) is 10.3 Å². The lowest BCUT2D eigenvalue weighted by Crippen LogP contribution is -2.39. The molecule has 0 saturated carbocycles. The van der Waals surface area contributed by atoms with E-state index in [0.717, 1.165) is 0 Å². The summed E-state index contributed by atoms with van der Waals surface area (Å²) in [4.78, 5) is 15.2. The monoisotopic (exact) mass is 323 g/mol. The molecule has 0 aliphatic rings. The Bertz CT molecular complexity index is 455. The molecule has 0 aliphatic heterocycles. The average Bonchev–Trinajstić information content (AvgIpc) is 2.21. The van der Waals surface area contributed by atoms with Gasteiger partial charge in [0.15, 0.2) is 5.71 Å². The van der Waals surface area contributed by atoms with E-state index in [4.69, 9.17) is 10.5 Å². The topological polar surface area (TPSA) is 76.7 Å². The Labute approximate surface area is 128 Å². The zero-order valence-electron chi connectivity index (χ0n) is 13.8. The zero-order valence-corrected chi connectivity index (χ0v) is 13.8. The number of carbonyl (C=O) groups excluding carboxylic acids is 1. The van der Waals surface area contributed by atoms with Gasteiger partial charge in [-0.25, -0.2) is 4.79 Å². The van der Waals surface area contributed by atoms with Crippen molar-refractivity contribution >= 4 is 11.8 Å². The summed E-state index contributed by atoms with van der Waals surface area (Å²) in [6.45, 7) is 9.95. The molecule has 5 nitrogen and oxygen atoms in total. The van der Waals surface area contributed by atoms with Crippen molar-refractivity contribution in [1.82, 2.24) is 5.32 Å². The molecule has 0 aromatic rings. The molecule has 0 aromatic carbocycles. The smallest absolute Gasteiger partial charge is 0.435 e. The summed E-state index contributed by atoms with van der Waals surface area (Å²) in [6.07, 6.45) is -5.12. The van der Waals surface area contributed by atoms with Gasteiger partial charge in [-0.2, -0.15) is 13.2 Å². The van der Waals surface area contributed by atoms with Crippen LogP contribution in [0.15, 0.2) is 16.9 Å². The molecule has 1 amide bonds. The van der Waals surface area contributed by atoms with E-state index in [2.05, 4.69) is 4.99 Å². The number of nitrogens with zero attached hydrogens (tertiary/aromatic N) is 1. The Hall–Kier alpha value is -1.73. The summed E-state index contributed by atoms with van der Waals surface area (Å²) in [5.74, 6) is 0. The van der Waals surface area contributed by atoms with Gasteiger partial charge in [0.05, 0.1) is 5.70 Å². The molecule has 0 fully saturated rings. The predicted molar refractivity (Wildman–Crippen MR) is 79.5 cm³/mol. The Morgan fingerprint density at radius 1 is 1.18 bits per heavy atom. The van der Waals surface area contributed by atoms with Crippen molar-refractivity contribution in [2.24, 2.45) is 16.1 Å². The van der Waals surface area contributed by atoms with Crippen LogP contribution in [0.5, 0.6) is 0 Å². The number of aliphatic imine (C=N–C) groups is 1. The van der Waals surface area contributed by atoms with Gasteiger partial charge in [0.2, 0.25) is 0 Å². The predicted octanol–water partition coefficient (Wildman–Crippen LogP) is 3.36. The molecule has 0 spiro atoms. The number of allylic oxidation sites excluding steroid dienone is 1. The summed E-state index contributed by atoms with van der Waals surface area (Å²) in [6, 6.07) is 0. The van der Waals surface area contributed by atoms with E-state index in [-0.39, 0.29) is 6.54 Å². The molecule has 0 unspecified atom stereocenters. The third kappa shape index (κ3) is 8.53. The van der Waals surface area contributed by atoms with Crippen LogP contribution < -0.4 is 11.1 Å².